The molecule has 154 valence electrons. The number of hydrogen-bond donors (Lipinski definition) is 0. The second-order valence-electron chi connectivity index (χ2n) is 7.56. The standard InChI is InChI=1S/C24H26N4O2/c1-18-7-6-8-20(15-18)16-24(29)28-13-11-27(12-14-28)22-17-23(26-19(2)25-22)30-21-9-4-3-5-10-21/h3-10,15,17H,11-14,16H2,1-2H3. The Kier molecular flexibility index (Phi) is 5.93. The van der Waals surface area contributed by atoms with Crippen molar-refractivity contribution in [1.29, 1.82) is 0 Å². The molecule has 2 aromatic carbocycles. The molecule has 1 fully saturated rings. The molecule has 6 nitrogen and oxygen atoms in total. The lowest BCUT2D eigenvalue weighted by Gasteiger charge is -2.35. The highest BCUT2D eigenvalue weighted by Crippen LogP contribution is 2.24. The van der Waals surface area contributed by atoms with Crippen LogP contribution in [0.5, 0.6) is 11.6 Å². The third kappa shape index (κ3) is 4.95. The molecule has 0 spiro atoms. The summed E-state index contributed by atoms with van der Waals surface area (Å²) in [5.74, 6) is 2.94. The van der Waals surface area contributed by atoms with E-state index >= 15 is 0 Å². The maximum absolute atomic E-state index is 12.7. The number of anilines is 1. The van der Waals surface area contributed by atoms with Gasteiger partial charge in [-0.05, 0) is 31.5 Å². The van der Waals surface area contributed by atoms with Crippen molar-refractivity contribution in [2.75, 3.05) is 31.1 Å². The first-order chi connectivity index (χ1) is 14.6. The summed E-state index contributed by atoms with van der Waals surface area (Å²) < 4.78 is 5.88. The number of hydrogen-bond acceptors (Lipinski definition) is 5. The van der Waals surface area contributed by atoms with E-state index in [1.54, 1.807) is 0 Å². The highest BCUT2D eigenvalue weighted by molar-refractivity contribution is 5.79. The van der Waals surface area contributed by atoms with E-state index in [9.17, 15) is 4.79 Å². The fraction of sp³-hybridized carbons (Fsp3) is 0.292. The van der Waals surface area contributed by atoms with Gasteiger partial charge in [-0.2, -0.15) is 4.98 Å². The van der Waals surface area contributed by atoms with Crippen LogP contribution in [0.3, 0.4) is 0 Å². The quantitative estimate of drug-likeness (QED) is 0.650. The summed E-state index contributed by atoms with van der Waals surface area (Å²) in [6.45, 7) is 6.75. The Balaban J connectivity index is 1.38. The number of aromatic nitrogens is 2. The second kappa shape index (κ2) is 8.95. The van der Waals surface area contributed by atoms with Gasteiger partial charge in [-0.15, -0.1) is 0 Å². The molecule has 30 heavy (non-hydrogen) atoms. The van der Waals surface area contributed by atoms with E-state index in [-0.39, 0.29) is 5.91 Å². The topological polar surface area (TPSA) is 58.6 Å². The van der Waals surface area contributed by atoms with E-state index in [2.05, 4.69) is 20.9 Å². The van der Waals surface area contributed by atoms with Gasteiger partial charge in [-0.1, -0.05) is 48.0 Å². The van der Waals surface area contributed by atoms with Gasteiger partial charge in [-0.3, -0.25) is 4.79 Å². The minimum atomic E-state index is 0.173. The predicted octanol–water partition coefficient (Wildman–Crippen LogP) is 3.78. The van der Waals surface area contributed by atoms with Crippen molar-refractivity contribution < 1.29 is 9.53 Å². The van der Waals surface area contributed by atoms with Crippen LogP contribution < -0.4 is 9.64 Å². The maximum Gasteiger partial charge on any atom is 0.227 e. The predicted molar refractivity (Wildman–Crippen MR) is 117 cm³/mol. The fourth-order valence-electron chi connectivity index (χ4n) is 3.64. The van der Waals surface area contributed by atoms with Gasteiger partial charge in [0.15, 0.2) is 0 Å². The minimum Gasteiger partial charge on any atom is -0.439 e. The third-order valence-corrected chi connectivity index (χ3v) is 5.16. The molecule has 1 aliphatic rings. The molecule has 0 unspecified atom stereocenters. The van der Waals surface area contributed by atoms with E-state index in [0.717, 1.165) is 30.2 Å². The molecule has 3 aromatic rings. The molecule has 2 heterocycles. The van der Waals surface area contributed by atoms with E-state index in [0.29, 0.717) is 31.2 Å². The van der Waals surface area contributed by atoms with Crippen molar-refractivity contribution in [3.63, 3.8) is 0 Å². The first-order valence-electron chi connectivity index (χ1n) is 10.2. The zero-order chi connectivity index (χ0) is 20.9. The number of amides is 1. The van der Waals surface area contributed by atoms with Crippen LogP contribution in [0, 0.1) is 13.8 Å². The number of carbonyl (C=O) groups excluding carboxylic acids is 1. The van der Waals surface area contributed by atoms with Crippen LogP contribution in [0.1, 0.15) is 17.0 Å². The Hall–Kier alpha value is -3.41. The van der Waals surface area contributed by atoms with Gasteiger partial charge in [0.2, 0.25) is 11.8 Å². The molecule has 0 saturated carbocycles. The largest absolute Gasteiger partial charge is 0.439 e. The molecule has 0 radical (unpaired) electrons. The number of benzene rings is 2. The lowest BCUT2D eigenvalue weighted by Crippen LogP contribution is -2.49. The molecular formula is C24H26N4O2. The summed E-state index contributed by atoms with van der Waals surface area (Å²) >= 11 is 0. The average molecular weight is 402 g/mol. The molecule has 1 saturated heterocycles. The molecule has 6 heteroatoms. The lowest BCUT2D eigenvalue weighted by atomic mass is 10.1. The minimum absolute atomic E-state index is 0.173. The van der Waals surface area contributed by atoms with Crippen LogP contribution in [-0.4, -0.2) is 47.0 Å². The SMILES string of the molecule is Cc1cccc(CC(=O)N2CCN(c3cc(Oc4ccccc4)nc(C)n3)CC2)c1. The summed E-state index contributed by atoms with van der Waals surface area (Å²) in [5, 5.41) is 0. The third-order valence-electron chi connectivity index (χ3n) is 5.16. The van der Waals surface area contributed by atoms with Gasteiger partial charge in [0.05, 0.1) is 6.42 Å². The van der Waals surface area contributed by atoms with Crippen LogP contribution in [0.15, 0.2) is 60.7 Å². The Morgan fingerprint density at radius 1 is 0.933 bits per heavy atom. The lowest BCUT2D eigenvalue weighted by molar-refractivity contribution is -0.130. The Labute approximate surface area is 177 Å². The molecular weight excluding hydrogens is 376 g/mol. The van der Waals surface area contributed by atoms with Gasteiger partial charge in [0, 0.05) is 32.2 Å². The highest BCUT2D eigenvalue weighted by Gasteiger charge is 2.23. The first kappa shape index (κ1) is 19.9. The van der Waals surface area contributed by atoms with Gasteiger partial charge >= 0.3 is 0 Å². The van der Waals surface area contributed by atoms with Gasteiger partial charge in [0.1, 0.15) is 17.4 Å². The van der Waals surface area contributed by atoms with Crippen molar-refractivity contribution in [1.82, 2.24) is 14.9 Å². The van der Waals surface area contributed by atoms with E-state index < -0.39 is 0 Å². The van der Waals surface area contributed by atoms with Crippen molar-refractivity contribution in [3.05, 3.63) is 77.6 Å². The van der Waals surface area contributed by atoms with Crippen molar-refractivity contribution in [2.45, 2.75) is 20.3 Å². The average Bonchev–Trinajstić information content (AvgIpc) is 2.74. The number of para-hydroxylation sites is 1. The monoisotopic (exact) mass is 402 g/mol. The second-order valence-corrected chi connectivity index (χ2v) is 7.56. The molecule has 0 bridgehead atoms. The molecule has 1 aliphatic heterocycles. The van der Waals surface area contributed by atoms with Crippen LogP contribution in [0.4, 0.5) is 5.82 Å². The van der Waals surface area contributed by atoms with Crippen molar-refractivity contribution in [2.24, 2.45) is 0 Å². The number of piperazine rings is 1. The van der Waals surface area contributed by atoms with Crippen molar-refractivity contribution in [3.8, 4) is 11.6 Å². The molecule has 0 aliphatic carbocycles. The number of carbonyl (C=O) groups is 1. The number of aryl methyl sites for hydroxylation is 2. The number of ether oxygens (including phenoxy) is 1. The zero-order valence-electron chi connectivity index (χ0n) is 17.4. The van der Waals surface area contributed by atoms with Crippen molar-refractivity contribution >= 4 is 11.7 Å². The normalized spacial score (nSPS) is 13.9. The van der Waals surface area contributed by atoms with E-state index in [1.165, 1.54) is 5.56 Å². The summed E-state index contributed by atoms with van der Waals surface area (Å²) in [6.07, 6.45) is 0.448. The van der Waals surface area contributed by atoms with E-state index in [1.807, 2.05) is 73.3 Å². The number of rotatable bonds is 5. The first-order valence-corrected chi connectivity index (χ1v) is 10.2. The van der Waals surface area contributed by atoms with Crippen LogP contribution in [-0.2, 0) is 11.2 Å². The number of nitrogens with zero attached hydrogens (tertiary/aromatic N) is 4. The highest BCUT2D eigenvalue weighted by atomic mass is 16.5. The summed E-state index contributed by atoms with van der Waals surface area (Å²) in [7, 11) is 0. The summed E-state index contributed by atoms with van der Waals surface area (Å²) in [6, 6.07) is 19.6. The van der Waals surface area contributed by atoms with Gasteiger partial charge in [0.25, 0.3) is 0 Å². The summed E-state index contributed by atoms with van der Waals surface area (Å²) in [5.41, 5.74) is 2.24. The molecule has 4 rings (SSSR count). The van der Waals surface area contributed by atoms with Crippen LogP contribution in [0.2, 0.25) is 0 Å². The molecule has 0 N–H and O–H groups in total. The molecule has 0 atom stereocenters. The Morgan fingerprint density at radius 3 is 2.43 bits per heavy atom. The van der Waals surface area contributed by atoms with Crippen LogP contribution in [0.25, 0.3) is 0 Å². The van der Waals surface area contributed by atoms with E-state index in [4.69, 9.17) is 4.74 Å². The smallest absolute Gasteiger partial charge is 0.227 e. The Morgan fingerprint density at radius 2 is 1.70 bits per heavy atom. The van der Waals surface area contributed by atoms with Crippen LogP contribution >= 0.6 is 0 Å². The molecule has 1 aromatic heterocycles. The van der Waals surface area contributed by atoms with Gasteiger partial charge in [-0.25, -0.2) is 4.98 Å². The summed E-state index contributed by atoms with van der Waals surface area (Å²) in [4.78, 5) is 25.8. The maximum atomic E-state index is 12.7. The zero-order valence-corrected chi connectivity index (χ0v) is 17.4. The van der Waals surface area contributed by atoms with Gasteiger partial charge < -0.3 is 14.5 Å². The fourth-order valence-corrected chi connectivity index (χ4v) is 3.64. The Bertz CT molecular complexity index is 1010. The molecule has 1 amide bonds.